The van der Waals surface area contributed by atoms with E-state index < -0.39 is 205 Å². The molecular weight excluding hydrogens is 1160 g/mol. The molecule has 34 atom stereocenters. The Morgan fingerprint density at radius 2 is 1.12 bits per heavy atom. The summed E-state index contributed by atoms with van der Waals surface area (Å²) in [5.74, 6) is -0.626. The molecule has 0 aromatic heterocycles. The third-order valence-electron chi connectivity index (χ3n) is 20.7. The van der Waals surface area contributed by atoms with E-state index in [1.165, 1.54) is 27.7 Å². The second-order valence-electron chi connectivity index (χ2n) is 26.7. The Balaban J connectivity index is 0.00000940. The smallest absolute Gasteiger partial charge is 0.726 e. The molecule has 0 spiro atoms. The predicted molar refractivity (Wildman–Crippen MR) is 283 cm³/mol. The van der Waals surface area contributed by atoms with Crippen LogP contribution in [-0.4, -0.2) is 257 Å². The molecule has 29 heteroatoms. The number of aliphatic hydroxyl groups is 13. The molecule has 486 valence electrons. The van der Waals surface area contributed by atoms with Crippen LogP contribution in [0, 0.1) is 40.4 Å². The van der Waals surface area contributed by atoms with Gasteiger partial charge in [-0.1, -0.05) is 39.3 Å². The molecule has 5 saturated heterocycles. The van der Waals surface area contributed by atoms with Gasteiger partial charge in [0.15, 0.2) is 31.5 Å². The van der Waals surface area contributed by atoms with Gasteiger partial charge in [0, 0.05) is 0 Å². The van der Waals surface area contributed by atoms with Gasteiger partial charge in [-0.25, -0.2) is 8.42 Å². The van der Waals surface area contributed by atoms with Gasteiger partial charge >= 0.3 is 29.6 Å². The number of allylic oxidation sites excluding steroid dienone is 2. The first-order chi connectivity index (χ1) is 39.2. The zero-order valence-corrected chi connectivity index (χ0v) is 52.9. The molecule has 0 aromatic rings. The standard InChI is InChI=1S/C56H94O27S.Na/c1-21(2)10-13-34(57)56(9,69)33-12-11-28-27-19-31(30-18-26(83-84(70,71)72)14-16-54(30,7)29(27)15-17-55(28,33)8)78-51-45(68)46(38(61)25(6)76-51)80-52-47(81-49-43(66)40(63)35(58)22(3)74-49)39(62)32(20-73-52)79-53-48(42(65)37(60)24(5)77-53)82-50-44(67)41(64)36(59)23(4)75-50;/h15,21-28,30-53,57-69H,10-14,16-20H2,1-9H3,(H,70,71,72);/q;+1/p-1/t22-,23-,24-,25-,26+,27+,28+,30-,31+,32-,33+,34+,35-,36+,37-,38-,39+,40+,41+,42+,43-,44-,45-,46+,47-,48-,49+,50+,51+,52+,53+,54-,55+,56-;/m1./s1. The zero-order valence-electron chi connectivity index (χ0n) is 50.1. The maximum absolute atomic E-state index is 12.4. The molecule has 27 nitrogen and oxygen atoms in total. The van der Waals surface area contributed by atoms with Gasteiger partial charge in [-0.2, -0.15) is 0 Å². The maximum Gasteiger partial charge on any atom is 1.00 e. The fourth-order valence-electron chi connectivity index (χ4n) is 15.6. The second-order valence-corrected chi connectivity index (χ2v) is 27.7. The van der Waals surface area contributed by atoms with E-state index in [1.807, 2.05) is 0 Å². The molecule has 13 N–H and O–H groups in total. The summed E-state index contributed by atoms with van der Waals surface area (Å²) in [6.45, 7) is 15.2. The van der Waals surface area contributed by atoms with Gasteiger partial charge in [-0.3, -0.25) is 4.18 Å². The van der Waals surface area contributed by atoms with Crippen molar-refractivity contribution in [3.8, 4) is 0 Å². The van der Waals surface area contributed by atoms with Gasteiger partial charge < -0.3 is 118 Å². The Kier molecular flexibility index (Phi) is 22.7. The van der Waals surface area contributed by atoms with E-state index in [-0.39, 0.29) is 60.2 Å². The molecule has 8 fully saturated rings. The van der Waals surface area contributed by atoms with Crippen LogP contribution in [0.5, 0.6) is 0 Å². The first-order valence-corrected chi connectivity index (χ1v) is 31.3. The Hall–Kier alpha value is -0.310. The van der Waals surface area contributed by atoms with Crippen molar-refractivity contribution in [2.24, 2.45) is 40.4 Å². The maximum atomic E-state index is 12.4. The number of rotatable bonds is 17. The second kappa shape index (κ2) is 27.3. The van der Waals surface area contributed by atoms with Crippen molar-refractivity contribution in [2.75, 3.05) is 6.61 Å². The van der Waals surface area contributed by atoms with Crippen LogP contribution in [0.25, 0.3) is 0 Å². The SMILES string of the molecule is CC(C)CC[C@H](O)[C@](C)(O)[C@H]1CC[C@H]2[C@@H]3C[C@H](O[C@@H]4O[C@H](C)[C@@H](O)[C@H](O[C@@H]5OC[C@@H](O[C@@H]6O[C@H](C)[C@@H](O)[C@H](O)[C@H]6O[C@@H]6O[C@H](C)[C@H](O)[C@H](O)[C@H]6O)[C@H](O)[C@H]5O[C@@H]5O[C@H](C)[C@@H](O)[C@H](O)[C@H]5O)[C@H]4O)[C@H]4C[C@@H](OS(=O)(=O)[O-])CC[C@]4(C)C3=CC[C@]12C.[Na+]. The van der Waals surface area contributed by atoms with Crippen molar-refractivity contribution < 1.29 is 160 Å². The van der Waals surface area contributed by atoms with E-state index >= 15 is 0 Å². The van der Waals surface area contributed by atoms with Gasteiger partial charge in [0.05, 0.1) is 54.9 Å². The van der Waals surface area contributed by atoms with Crippen molar-refractivity contribution >= 4 is 10.4 Å². The Bertz CT molecular complexity index is 2360. The van der Waals surface area contributed by atoms with Crippen LogP contribution in [0.3, 0.4) is 0 Å². The monoisotopic (exact) mass is 1250 g/mol. The number of ether oxygens (including phenoxy) is 10. The minimum atomic E-state index is -5.12. The molecule has 0 aromatic carbocycles. The minimum absolute atomic E-state index is 0. The zero-order chi connectivity index (χ0) is 61.6. The number of aliphatic hydroxyl groups excluding tert-OH is 12. The van der Waals surface area contributed by atoms with E-state index in [9.17, 15) is 79.4 Å². The average molecular weight is 1250 g/mol. The Morgan fingerprint density at radius 3 is 1.68 bits per heavy atom. The molecule has 0 amide bonds. The summed E-state index contributed by atoms with van der Waals surface area (Å²) in [6.07, 6.45) is -35.7. The van der Waals surface area contributed by atoms with Crippen LogP contribution in [0.2, 0.25) is 0 Å². The van der Waals surface area contributed by atoms with E-state index in [0.717, 1.165) is 18.4 Å². The van der Waals surface area contributed by atoms with Crippen LogP contribution in [0.4, 0.5) is 0 Å². The van der Waals surface area contributed by atoms with Gasteiger partial charge in [-0.15, -0.1) is 0 Å². The molecule has 85 heavy (non-hydrogen) atoms. The topological polar surface area (TPSA) is 422 Å². The molecule has 5 aliphatic heterocycles. The first-order valence-electron chi connectivity index (χ1n) is 29.9. The Morgan fingerprint density at radius 1 is 0.612 bits per heavy atom. The number of hydrogen-bond acceptors (Lipinski definition) is 27. The molecule has 0 unspecified atom stereocenters. The molecule has 0 radical (unpaired) electrons. The van der Waals surface area contributed by atoms with E-state index in [2.05, 4.69) is 33.8 Å². The van der Waals surface area contributed by atoms with E-state index in [4.69, 9.17) is 51.6 Å². The van der Waals surface area contributed by atoms with Crippen LogP contribution < -0.4 is 29.6 Å². The van der Waals surface area contributed by atoms with Crippen LogP contribution in [0.1, 0.15) is 120 Å². The largest absolute Gasteiger partial charge is 1.00 e. The third kappa shape index (κ3) is 14.0. The third-order valence-corrected chi connectivity index (χ3v) is 21.2. The molecule has 3 saturated carbocycles. The normalized spacial score (nSPS) is 51.6. The summed E-state index contributed by atoms with van der Waals surface area (Å²) >= 11 is 0. The number of hydrogen-bond donors (Lipinski definition) is 13. The molecule has 9 aliphatic rings. The summed E-state index contributed by atoms with van der Waals surface area (Å²) < 4.78 is 103. The summed E-state index contributed by atoms with van der Waals surface area (Å²) in [4.78, 5) is 0. The molecule has 9 rings (SSSR count). The molecule has 0 bridgehead atoms. The van der Waals surface area contributed by atoms with E-state index in [0.29, 0.717) is 38.0 Å². The average Bonchev–Trinajstić information content (AvgIpc) is 1.73. The van der Waals surface area contributed by atoms with Gasteiger partial charge in [0.1, 0.15) is 91.6 Å². The number of fused-ring (bicyclic) bond motifs is 5. The summed E-state index contributed by atoms with van der Waals surface area (Å²) in [7, 11) is -5.12. The first kappa shape index (κ1) is 70.6. The van der Waals surface area contributed by atoms with Crippen molar-refractivity contribution in [1.82, 2.24) is 0 Å². The van der Waals surface area contributed by atoms with Gasteiger partial charge in [-0.05, 0) is 133 Å². The fraction of sp³-hybridized carbons (Fsp3) is 0.964. The quantitative estimate of drug-likeness (QED) is 0.0280. The van der Waals surface area contributed by atoms with Crippen LogP contribution >= 0.6 is 0 Å². The minimum Gasteiger partial charge on any atom is -0.726 e. The van der Waals surface area contributed by atoms with Crippen molar-refractivity contribution in [1.29, 1.82) is 0 Å². The molecule has 4 aliphatic carbocycles. The molecular formula is C56H93NaO27S. The van der Waals surface area contributed by atoms with Crippen LogP contribution in [-0.2, 0) is 62.0 Å². The van der Waals surface area contributed by atoms with Gasteiger partial charge in [0.2, 0.25) is 10.4 Å². The summed E-state index contributed by atoms with van der Waals surface area (Å²) in [6, 6.07) is 0. The summed E-state index contributed by atoms with van der Waals surface area (Å²) in [5, 5.41) is 147. The van der Waals surface area contributed by atoms with Crippen molar-refractivity contribution in [3.63, 3.8) is 0 Å². The van der Waals surface area contributed by atoms with Crippen molar-refractivity contribution in [2.45, 2.75) is 291 Å². The van der Waals surface area contributed by atoms with Crippen LogP contribution in [0.15, 0.2) is 11.6 Å². The Labute approximate surface area is 518 Å². The predicted octanol–water partition coefficient (Wildman–Crippen LogP) is -5.20. The van der Waals surface area contributed by atoms with Crippen molar-refractivity contribution in [3.05, 3.63) is 11.6 Å². The van der Waals surface area contributed by atoms with E-state index in [1.54, 1.807) is 6.92 Å². The summed E-state index contributed by atoms with van der Waals surface area (Å²) in [5.41, 5.74) is -1.38. The van der Waals surface area contributed by atoms with Gasteiger partial charge in [0.25, 0.3) is 0 Å². The molecule has 5 heterocycles. The fourth-order valence-corrected chi connectivity index (χ4v) is 16.1.